The highest BCUT2D eigenvalue weighted by Crippen LogP contribution is 2.55. The van der Waals surface area contributed by atoms with Gasteiger partial charge in [0, 0.05) is 11.9 Å². The summed E-state index contributed by atoms with van der Waals surface area (Å²) in [5.74, 6) is 0.978. The van der Waals surface area contributed by atoms with Crippen LogP contribution >= 0.6 is 0 Å². The largest absolute Gasteiger partial charge is 0.489 e. The molecule has 4 fully saturated rings. The van der Waals surface area contributed by atoms with E-state index in [1.807, 2.05) is 0 Å². The van der Waals surface area contributed by atoms with Gasteiger partial charge in [-0.1, -0.05) is 0 Å². The predicted octanol–water partition coefficient (Wildman–Crippen LogP) is 5.93. The Kier molecular flexibility index (Phi) is 5.36. The second kappa shape index (κ2) is 8.22. The van der Waals surface area contributed by atoms with Gasteiger partial charge in [0.2, 0.25) is 0 Å². The summed E-state index contributed by atoms with van der Waals surface area (Å²) in [6, 6.07) is 6.35. The van der Waals surface area contributed by atoms with Crippen molar-refractivity contribution in [3.8, 4) is 5.75 Å². The molecular weight excluding hydrogens is 457 g/mol. The van der Waals surface area contributed by atoms with E-state index in [4.69, 9.17) is 4.74 Å². The fourth-order valence-corrected chi connectivity index (χ4v) is 7.04. The summed E-state index contributed by atoms with van der Waals surface area (Å²) in [6.45, 7) is 0. The number of aliphatic hydroxyl groups is 1. The zero-order valence-electron chi connectivity index (χ0n) is 19.4. The number of alkyl halides is 3. The van der Waals surface area contributed by atoms with Crippen LogP contribution in [0, 0.1) is 23.7 Å². The van der Waals surface area contributed by atoms with Crippen LogP contribution in [0.4, 0.5) is 18.9 Å². The summed E-state index contributed by atoms with van der Waals surface area (Å²) in [6.07, 6.45) is 4.62. The molecule has 1 heterocycles. The molecule has 0 aliphatic heterocycles. The van der Waals surface area contributed by atoms with E-state index in [-0.39, 0.29) is 23.3 Å². The minimum Gasteiger partial charge on any atom is -0.489 e. The first-order valence-electron chi connectivity index (χ1n) is 12.6. The van der Waals surface area contributed by atoms with Gasteiger partial charge in [-0.2, -0.15) is 13.2 Å². The molecule has 4 aliphatic carbocycles. The van der Waals surface area contributed by atoms with Crippen molar-refractivity contribution >= 4 is 11.6 Å². The molecular formula is C27H29F3N2O3. The van der Waals surface area contributed by atoms with Gasteiger partial charge in [0.1, 0.15) is 17.5 Å². The monoisotopic (exact) mass is 486 g/mol. The standard InChI is InChI=1S/C27H29F3N2O3/c28-27(29,30)19-5-6-21(23(12-19)35-22-11-15-1-3-17(22)9-15)25(33)32-20-7-8-31-24(13-20)26(34)14-16-2-4-18(26)10-16/h5-8,12-13,15-18,22,34H,1-4,9-11,14H2,(H,31,32,33)/t15-,16-,17+,18+,22+,26+/m0/s1. The Labute approximate surface area is 202 Å². The Morgan fingerprint density at radius 3 is 2.54 bits per heavy atom. The number of benzene rings is 1. The molecule has 2 N–H and O–H groups in total. The zero-order valence-corrected chi connectivity index (χ0v) is 19.4. The number of rotatable bonds is 5. The number of halogens is 3. The quantitative estimate of drug-likeness (QED) is 0.550. The number of hydrogen-bond acceptors (Lipinski definition) is 4. The SMILES string of the molecule is O=C(Nc1ccnc([C@@]2(O)C[C@H]3CC[C@@H]2C3)c1)c1ccc(C(F)(F)F)cc1O[C@@H]1C[C@H]2CC[C@@H]1C2. The Morgan fingerprint density at radius 1 is 1.06 bits per heavy atom. The van der Waals surface area contributed by atoms with Crippen LogP contribution in [-0.2, 0) is 11.8 Å². The molecule has 6 atom stereocenters. The number of ether oxygens (including phenoxy) is 1. The van der Waals surface area contributed by atoms with Crippen molar-refractivity contribution in [3.63, 3.8) is 0 Å². The third-order valence-corrected chi connectivity index (χ3v) is 8.78. The molecule has 0 radical (unpaired) electrons. The van der Waals surface area contributed by atoms with Crippen LogP contribution in [0.25, 0.3) is 0 Å². The normalized spacial score (nSPS) is 33.3. The van der Waals surface area contributed by atoms with Gasteiger partial charge in [-0.25, -0.2) is 0 Å². The van der Waals surface area contributed by atoms with Gasteiger partial charge < -0.3 is 15.2 Å². The summed E-state index contributed by atoms with van der Waals surface area (Å²) in [5, 5.41) is 14.1. The lowest BCUT2D eigenvalue weighted by Gasteiger charge is -2.32. The number of carbonyl (C=O) groups is 1. The molecule has 1 aromatic heterocycles. The van der Waals surface area contributed by atoms with Crippen molar-refractivity contribution in [1.29, 1.82) is 0 Å². The van der Waals surface area contributed by atoms with Crippen LogP contribution in [0.15, 0.2) is 36.5 Å². The molecule has 2 aromatic rings. The lowest BCUT2D eigenvalue weighted by Crippen LogP contribution is -2.33. The van der Waals surface area contributed by atoms with Crippen molar-refractivity contribution in [1.82, 2.24) is 4.98 Å². The van der Waals surface area contributed by atoms with Crippen molar-refractivity contribution in [2.45, 2.75) is 69.2 Å². The molecule has 4 saturated carbocycles. The first-order valence-corrected chi connectivity index (χ1v) is 12.6. The molecule has 1 amide bonds. The Hall–Kier alpha value is -2.61. The average molecular weight is 487 g/mol. The molecule has 0 saturated heterocycles. The van der Waals surface area contributed by atoms with Crippen LogP contribution < -0.4 is 10.1 Å². The molecule has 1 aromatic carbocycles. The van der Waals surface area contributed by atoms with E-state index in [2.05, 4.69) is 10.3 Å². The maximum Gasteiger partial charge on any atom is 0.416 e. The fourth-order valence-electron chi connectivity index (χ4n) is 7.04. The van der Waals surface area contributed by atoms with E-state index >= 15 is 0 Å². The van der Waals surface area contributed by atoms with Gasteiger partial charge in [-0.15, -0.1) is 0 Å². The highest BCUT2D eigenvalue weighted by molar-refractivity contribution is 6.06. The maximum atomic E-state index is 13.4. The van der Waals surface area contributed by atoms with E-state index in [1.165, 1.54) is 6.07 Å². The number of hydrogen-bond donors (Lipinski definition) is 2. The molecule has 4 aliphatic rings. The van der Waals surface area contributed by atoms with Crippen molar-refractivity contribution in [2.75, 3.05) is 5.32 Å². The van der Waals surface area contributed by atoms with Gasteiger partial charge in [0.05, 0.1) is 16.8 Å². The molecule has 6 rings (SSSR count). The maximum absolute atomic E-state index is 13.4. The number of nitrogens with one attached hydrogen (secondary N) is 1. The zero-order chi connectivity index (χ0) is 24.4. The summed E-state index contributed by atoms with van der Waals surface area (Å²) >= 11 is 0. The molecule has 5 nitrogen and oxygen atoms in total. The Balaban J connectivity index is 1.25. The summed E-state index contributed by atoms with van der Waals surface area (Å²) in [4.78, 5) is 17.6. The molecule has 0 unspecified atom stereocenters. The number of pyridine rings is 1. The van der Waals surface area contributed by atoms with Gasteiger partial charge in [-0.3, -0.25) is 9.78 Å². The predicted molar refractivity (Wildman–Crippen MR) is 123 cm³/mol. The van der Waals surface area contributed by atoms with E-state index in [0.717, 1.165) is 57.1 Å². The molecule has 35 heavy (non-hydrogen) atoms. The van der Waals surface area contributed by atoms with E-state index < -0.39 is 23.2 Å². The molecule has 0 spiro atoms. The summed E-state index contributed by atoms with van der Waals surface area (Å²) in [7, 11) is 0. The van der Waals surface area contributed by atoms with Crippen molar-refractivity contribution < 1.29 is 27.8 Å². The number of amides is 1. The highest BCUT2D eigenvalue weighted by atomic mass is 19.4. The van der Waals surface area contributed by atoms with Gasteiger partial charge in [-0.05, 0) is 105 Å². The van der Waals surface area contributed by atoms with E-state index in [9.17, 15) is 23.1 Å². The minimum atomic E-state index is -4.53. The fraction of sp³-hybridized carbons (Fsp3) is 0.556. The van der Waals surface area contributed by atoms with E-state index in [0.29, 0.717) is 35.6 Å². The van der Waals surface area contributed by atoms with Crippen LogP contribution in [0.2, 0.25) is 0 Å². The highest BCUT2D eigenvalue weighted by Gasteiger charge is 2.51. The summed E-state index contributed by atoms with van der Waals surface area (Å²) < 4.78 is 46.3. The average Bonchev–Trinajstić information content (AvgIpc) is 3.60. The van der Waals surface area contributed by atoms with Crippen LogP contribution in [0.1, 0.15) is 73.0 Å². The first-order chi connectivity index (χ1) is 16.7. The number of aromatic nitrogens is 1. The van der Waals surface area contributed by atoms with Crippen LogP contribution in [0.5, 0.6) is 5.75 Å². The summed E-state index contributed by atoms with van der Waals surface area (Å²) in [5.41, 5.74) is -0.779. The van der Waals surface area contributed by atoms with Crippen molar-refractivity contribution in [3.05, 3.63) is 53.3 Å². The second-order valence-corrected chi connectivity index (χ2v) is 10.9. The van der Waals surface area contributed by atoms with Gasteiger partial charge >= 0.3 is 6.18 Å². The van der Waals surface area contributed by atoms with E-state index in [1.54, 1.807) is 18.3 Å². The van der Waals surface area contributed by atoms with Crippen LogP contribution in [-0.4, -0.2) is 22.1 Å². The number of fused-ring (bicyclic) bond motifs is 4. The lowest BCUT2D eigenvalue weighted by molar-refractivity contribution is -0.137. The Morgan fingerprint density at radius 2 is 1.89 bits per heavy atom. The number of carbonyl (C=O) groups excluding carboxylic acids is 1. The molecule has 186 valence electrons. The minimum absolute atomic E-state index is 0.0316. The third-order valence-electron chi connectivity index (χ3n) is 8.78. The topological polar surface area (TPSA) is 71.5 Å². The van der Waals surface area contributed by atoms with Crippen LogP contribution in [0.3, 0.4) is 0 Å². The number of anilines is 1. The smallest absolute Gasteiger partial charge is 0.416 e. The molecule has 8 heteroatoms. The third kappa shape index (κ3) is 4.09. The van der Waals surface area contributed by atoms with Gasteiger partial charge in [0.25, 0.3) is 5.91 Å². The first kappa shape index (κ1) is 22.8. The molecule has 4 bridgehead atoms. The number of nitrogens with zero attached hydrogens (tertiary/aromatic N) is 1. The second-order valence-electron chi connectivity index (χ2n) is 10.9. The Bertz CT molecular complexity index is 1150. The lowest BCUT2D eigenvalue weighted by atomic mass is 9.81. The van der Waals surface area contributed by atoms with Gasteiger partial charge in [0.15, 0.2) is 0 Å². The van der Waals surface area contributed by atoms with Crippen molar-refractivity contribution in [2.24, 2.45) is 23.7 Å².